The third kappa shape index (κ3) is 7.46. The lowest BCUT2D eigenvalue weighted by Crippen LogP contribution is -2.13. The van der Waals surface area contributed by atoms with Gasteiger partial charge in [0.25, 0.3) is 10.0 Å². The molecule has 2 aromatic carbocycles. The number of hydrogen-bond donors (Lipinski definition) is 4. The Labute approximate surface area is 202 Å². The van der Waals surface area contributed by atoms with Gasteiger partial charge in [-0.25, -0.2) is 13.4 Å². The summed E-state index contributed by atoms with van der Waals surface area (Å²) < 4.78 is 30.8. The highest BCUT2D eigenvalue weighted by atomic mass is 35.5. The van der Waals surface area contributed by atoms with Crippen molar-refractivity contribution in [2.24, 2.45) is 10.2 Å². The molecule has 0 atom stereocenters. The lowest BCUT2D eigenvalue weighted by Gasteiger charge is -2.04. The van der Waals surface area contributed by atoms with Crippen LogP contribution in [0.5, 0.6) is 0 Å². The van der Waals surface area contributed by atoms with E-state index in [0.717, 1.165) is 5.69 Å². The zero-order valence-corrected chi connectivity index (χ0v) is 19.6. The molecule has 0 amide bonds. The highest BCUT2D eigenvalue weighted by molar-refractivity contribution is 7.92. The molecule has 0 aliphatic carbocycles. The van der Waals surface area contributed by atoms with Gasteiger partial charge in [0.05, 0.1) is 10.6 Å². The van der Waals surface area contributed by atoms with Crippen molar-refractivity contribution < 1.29 is 12.9 Å². The molecule has 0 aliphatic heterocycles. The summed E-state index contributed by atoms with van der Waals surface area (Å²) in [6.07, 6.45) is 0. The summed E-state index contributed by atoms with van der Waals surface area (Å²) in [5.41, 5.74) is 18.4. The third-order valence-electron chi connectivity index (χ3n) is 4.01. The van der Waals surface area contributed by atoms with E-state index in [1.54, 1.807) is 19.1 Å². The average Bonchev–Trinajstić information content (AvgIpc) is 3.18. The summed E-state index contributed by atoms with van der Waals surface area (Å²) in [7, 11) is -3.64. The first-order chi connectivity index (χ1) is 15.7. The summed E-state index contributed by atoms with van der Waals surface area (Å²) in [6, 6.07) is 20.1. The van der Waals surface area contributed by atoms with Crippen LogP contribution < -0.4 is 21.9 Å². The lowest BCUT2D eigenvalue weighted by molar-refractivity contribution is 0.400. The van der Waals surface area contributed by atoms with Crippen molar-refractivity contribution in [2.75, 3.05) is 21.9 Å². The Balaban J connectivity index is 0.000000234. The number of nitrogens with one attached hydrogen (secondary N) is 1. The number of azo groups is 1. The van der Waals surface area contributed by atoms with Crippen LogP contribution in [0.25, 0.3) is 0 Å². The summed E-state index contributed by atoms with van der Waals surface area (Å²) >= 11 is 0. The second-order valence-corrected chi connectivity index (χ2v) is 8.36. The van der Waals surface area contributed by atoms with E-state index in [0.29, 0.717) is 23.0 Å². The van der Waals surface area contributed by atoms with Gasteiger partial charge < -0.3 is 21.7 Å². The monoisotopic (exact) mass is 502 g/mol. The highest BCUT2D eigenvalue weighted by Crippen LogP contribution is 2.23. The minimum absolute atomic E-state index is 0. The van der Waals surface area contributed by atoms with Crippen LogP contribution in [-0.4, -0.2) is 18.6 Å². The van der Waals surface area contributed by atoms with Gasteiger partial charge in [-0.1, -0.05) is 23.4 Å². The zero-order valence-electron chi connectivity index (χ0n) is 18.0. The van der Waals surface area contributed by atoms with Crippen LogP contribution in [0.15, 0.2) is 92.4 Å². The lowest BCUT2D eigenvalue weighted by atomic mass is 10.3. The average molecular weight is 503 g/mol. The van der Waals surface area contributed by atoms with Gasteiger partial charge in [0, 0.05) is 11.8 Å². The molecule has 0 aliphatic rings. The summed E-state index contributed by atoms with van der Waals surface area (Å²) in [4.78, 5) is 4.01. The summed E-state index contributed by atoms with van der Waals surface area (Å²) in [5, 5.41) is 11.6. The Morgan fingerprint density at radius 3 is 2.18 bits per heavy atom. The molecule has 13 heteroatoms. The van der Waals surface area contributed by atoms with Gasteiger partial charge in [-0.05, 0) is 55.5 Å². The number of nitrogens with zero attached hydrogens (tertiary/aromatic N) is 4. The fraction of sp³-hybridized carbons (Fsp3) is 0.0476. The van der Waals surface area contributed by atoms with Crippen LogP contribution in [0, 0.1) is 6.92 Å². The van der Waals surface area contributed by atoms with Crippen LogP contribution in [0.1, 0.15) is 5.76 Å². The normalized spacial score (nSPS) is 10.7. The van der Waals surface area contributed by atoms with Gasteiger partial charge in [-0.3, -0.25) is 4.72 Å². The van der Waals surface area contributed by atoms with E-state index in [-0.39, 0.29) is 28.9 Å². The second-order valence-electron chi connectivity index (χ2n) is 6.67. The maximum absolute atomic E-state index is 11.9. The van der Waals surface area contributed by atoms with Gasteiger partial charge in [0.2, 0.25) is 0 Å². The molecule has 0 spiro atoms. The Hall–Kier alpha value is -4.16. The quantitative estimate of drug-likeness (QED) is 0.227. The molecule has 11 nitrogen and oxygen atoms in total. The predicted molar refractivity (Wildman–Crippen MR) is 134 cm³/mol. The molecule has 0 saturated heterocycles. The Morgan fingerprint density at radius 2 is 1.59 bits per heavy atom. The molecule has 4 aromatic rings. The van der Waals surface area contributed by atoms with E-state index in [1.807, 2.05) is 30.3 Å². The van der Waals surface area contributed by atoms with Gasteiger partial charge in [0.1, 0.15) is 17.3 Å². The number of anilines is 4. The van der Waals surface area contributed by atoms with E-state index in [9.17, 15) is 8.42 Å². The van der Waals surface area contributed by atoms with E-state index >= 15 is 0 Å². The first-order valence-corrected chi connectivity index (χ1v) is 11.0. The fourth-order valence-electron chi connectivity index (χ4n) is 2.43. The standard InChI is InChI=1S/C11H11N5.C10H11N3O3S.ClH/c12-10-7-6-9(11(13)14-10)16-15-8-4-2-1-3-5-8;1-7-6-10(12-16-7)13-17(14,15)9-4-2-8(11)3-5-9;/h1-7H,(H4,12,13,14);2-6H,11H2,1H3,(H,12,13);1H. The summed E-state index contributed by atoms with van der Waals surface area (Å²) in [5.74, 6) is 1.33. The van der Waals surface area contributed by atoms with Crippen molar-refractivity contribution in [3.05, 3.63) is 78.6 Å². The van der Waals surface area contributed by atoms with E-state index < -0.39 is 10.0 Å². The van der Waals surface area contributed by atoms with Crippen molar-refractivity contribution in [3.63, 3.8) is 0 Å². The molecular weight excluding hydrogens is 480 g/mol. The fourth-order valence-corrected chi connectivity index (χ4v) is 3.42. The molecule has 0 unspecified atom stereocenters. The molecule has 34 heavy (non-hydrogen) atoms. The Bertz CT molecular complexity index is 1340. The van der Waals surface area contributed by atoms with E-state index in [4.69, 9.17) is 21.7 Å². The number of nitrogen functional groups attached to an aromatic ring is 3. The van der Waals surface area contributed by atoms with E-state index in [2.05, 4.69) is 25.1 Å². The van der Waals surface area contributed by atoms with Crippen molar-refractivity contribution in [2.45, 2.75) is 11.8 Å². The molecule has 2 aromatic heterocycles. The smallest absolute Gasteiger partial charge is 0.263 e. The number of hydrogen-bond acceptors (Lipinski definition) is 10. The number of halogens is 1. The Morgan fingerprint density at radius 1 is 0.912 bits per heavy atom. The number of nitrogens with two attached hydrogens (primary N) is 3. The van der Waals surface area contributed by atoms with Crippen LogP contribution >= 0.6 is 12.4 Å². The molecule has 4 rings (SSSR count). The first kappa shape index (κ1) is 26.1. The van der Waals surface area contributed by atoms with Crippen molar-refractivity contribution in [1.82, 2.24) is 10.1 Å². The maximum Gasteiger partial charge on any atom is 0.263 e. The molecule has 0 fully saturated rings. The predicted octanol–water partition coefficient (Wildman–Crippen LogP) is 4.45. The molecule has 0 bridgehead atoms. The number of aromatic nitrogens is 2. The van der Waals surface area contributed by atoms with Crippen LogP contribution in [-0.2, 0) is 10.0 Å². The molecule has 7 N–H and O–H groups in total. The Kier molecular flexibility index (Phi) is 8.93. The molecule has 0 saturated carbocycles. The maximum atomic E-state index is 11.9. The topological polar surface area (TPSA) is 188 Å². The second kappa shape index (κ2) is 11.6. The van der Waals surface area contributed by atoms with E-state index in [1.165, 1.54) is 30.3 Å². The van der Waals surface area contributed by atoms with Crippen LogP contribution in [0.4, 0.5) is 34.5 Å². The number of rotatable bonds is 5. The SMILES string of the molecule is Cc1cc(NS(=O)(=O)c2ccc(N)cc2)no1.Cl.Nc1ccc(N=Nc2ccccc2)c(N)n1. The van der Waals surface area contributed by atoms with Gasteiger partial charge in [-0.2, -0.15) is 5.11 Å². The largest absolute Gasteiger partial charge is 0.399 e. The van der Waals surface area contributed by atoms with Crippen molar-refractivity contribution in [1.29, 1.82) is 0 Å². The van der Waals surface area contributed by atoms with Crippen LogP contribution in [0.2, 0.25) is 0 Å². The molecule has 2 heterocycles. The number of benzene rings is 2. The zero-order chi connectivity index (χ0) is 23.8. The number of aryl methyl sites for hydroxylation is 1. The van der Waals surface area contributed by atoms with Crippen molar-refractivity contribution >= 4 is 56.9 Å². The van der Waals surface area contributed by atoms with Gasteiger partial charge >= 0.3 is 0 Å². The van der Waals surface area contributed by atoms with Crippen molar-refractivity contribution in [3.8, 4) is 0 Å². The molecular formula is C21H23ClN8O3S. The number of sulfonamides is 1. The minimum atomic E-state index is -3.64. The summed E-state index contributed by atoms with van der Waals surface area (Å²) in [6.45, 7) is 1.67. The molecule has 0 radical (unpaired) electrons. The number of pyridine rings is 1. The third-order valence-corrected chi connectivity index (χ3v) is 5.38. The minimum Gasteiger partial charge on any atom is -0.399 e. The first-order valence-electron chi connectivity index (χ1n) is 9.53. The molecule has 178 valence electrons. The van der Waals surface area contributed by atoms with Gasteiger partial charge in [0.15, 0.2) is 11.6 Å². The van der Waals surface area contributed by atoms with Gasteiger partial charge in [-0.15, -0.1) is 17.5 Å². The van der Waals surface area contributed by atoms with Crippen LogP contribution in [0.3, 0.4) is 0 Å². The highest BCUT2D eigenvalue weighted by Gasteiger charge is 2.15.